The Morgan fingerprint density at radius 2 is 1.48 bits per heavy atom. The van der Waals surface area contributed by atoms with Crippen molar-refractivity contribution in [3.05, 3.63) is 76.1 Å². The number of nitrogens with one attached hydrogen (secondary N) is 1. The number of benzene rings is 2. The minimum absolute atomic E-state index is 0.0628. The van der Waals surface area contributed by atoms with Gasteiger partial charge in [0.25, 0.3) is 5.56 Å². The van der Waals surface area contributed by atoms with Crippen molar-refractivity contribution in [3.8, 4) is 34.8 Å². The van der Waals surface area contributed by atoms with Crippen LogP contribution in [0.15, 0.2) is 59.4 Å². The van der Waals surface area contributed by atoms with E-state index in [1.54, 1.807) is 24.3 Å². The van der Waals surface area contributed by atoms with Crippen molar-refractivity contribution in [2.75, 3.05) is 5.73 Å². The van der Waals surface area contributed by atoms with Crippen molar-refractivity contribution in [2.45, 2.75) is 0 Å². The standard InChI is InChI=1S/C19H12N4O2/c20-10-15-17(16(11-21)19(24)23-18(15)22)12-6-8-14(9-7-12)25-13-4-2-1-3-5-13/h1-9H,(H3,22,23,24). The maximum atomic E-state index is 11.9. The molecule has 0 radical (unpaired) electrons. The number of nitrogens with zero attached hydrogens (tertiary/aromatic N) is 2. The minimum atomic E-state index is -0.626. The summed E-state index contributed by atoms with van der Waals surface area (Å²) in [5, 5.41) is 18.6. The number of pyridine rings is 1. The van der Waals surface area contributed by atoms with E-state index < -0.39 is 5.56 Å². The van der Waals surface area contributed by atoms with Crippen LogP contribution in [0.3, 0.4) is 0 Å². The lowest BCUT2D eigenvalue weighted by molar-refractivity contribution is 0.483. The van der Waals surface area contributed by atoms with Crippen LogP contribution >= 0.6 is 0 Å². The predicted molar refractivity (Wildman–Crippen MR) is 92.9 cm³/mol. The molecule has 0 unspecified atom stereocenters. The zero-order valence-corrected chi connectivity index (χ0v) is 13.0. The second kappa shape index (κ2) is 6.61. The fourth-order valence-electron chi connectivity index (χ4n) is 2.45. The van der Waals surface area contributed by atoms with Crippen molar-refractivity contribution in [3.63, 3.8) is 0 Å². The van der Waals surface area contributed by atoms with Crippen molar-refractivity contribution in [2.24, 2.45) is 0 Å². The van der Waals surface area contributed by atoms with Gasteiger partial charge >= 0.3 is 0 Å². The van der Waals surface area contributed by atoms with Crippen LogP contribution in [0.1, 0.15) is 11.1 Å². The van der Waals surface area contributed by atoms with Crippen LogP contribution in [0.5, 0.6) is 11.5 Å². The Bertz CT molecular complexity index is 1060. The van der Waals surface area contributed by atoms with Gasteiger partial charge in [0, 0.05) is 5.56 Å². The number of ether oxygens (including phenoxy) is 1. The number of rotatable bonds is 3. The predicted octanol–water partition coefficient (Wildman–Crippen LogP) is 3.16. The summed E-state index contributed by atoms with van der Waals surface area (Å²) in [5.74, 6) is 1.21. The van der Waals surface area contributed by atoms with Gasteiger partial charge in [-0.1, -0.05) is 30.3 Å². The molecule has 0 saturated carbocycles. The van der Waals surface area contributed by atoms with E-state index in [-0.39, 0.29) is 22.5 Å². The quantitative estimate of drug-likeness (QED) is 0.766. The van der Waals surface area contributed by atoms with Gasteiger partial charge in [-0.15, -0.1) is 0 Å². The molecule has 0 spiro atoms. The monoisotopic (exact) mass is 328 g/mol. The van der Waals surface area contributed by atoms with E-state index in [4.69, 9.17) is 10.5 Å². The van der Waals surface area contributed by atoms with Crippen molar-refractivity contribution in [1.29, 1.82) is 10.5 Å². The molecule has 1 aromatic heterocycles. The van der Waals surface area contributed by atoms with Crippen LogP contribution in [0.2, 0.25) is 0 Å². The van der Waals surface area contributed by atoms with Gasteiger partial charge < -0.3 is 15.5 Å². The molecule has 0 aliphatic rings. The average molecular weight is 328 g/mol. The molecule has 0 aliphatic heterocycles. The van der Waals surface area contributed by atoms with Crippen LogP contribution < -0.4 is 16.0 Å². The second-order valence-corrected chi connectivity index (χ2v) is 5.16. The summed E-state index contributed by atoms with van der Waals surface area (Å²) in [6.45, 7) is 0. The number of nitriles is 2. The van der Waals surface area contributed by atoms with Gasteiger partial charge in [-0.25, -0.2) is 0 Å². The first-order valence-electron chi connectivity index (χ1n) is 7.33. The Labute approximate surface area is 143 Å². The van der Waals surface area contributed by atoms with Gasteiger partial charge in [-0.05, 0) is 29.8 Å². The number of hydrogen-bond donors (Lipinski definition) is 2. The largest absolute Gasteiger partial charge is 0.457 e. The maximum absolute atomic E-state index is 11.9. The lowest BCUT2D eigenvalue weighted by Gasteiger charge is -2.10. The average Bonchev–Trinajstić information content (AvgIpc) is 2.63. The summed E-state index contributed by atoms with van der Waals surface area (Å²) < 4.78 is 5.71. The molecule has 25 heavy (non-hydrogen) atoms. The molecule has 0 atom stereocenters. The van der Waals surface area contributed by atoms with Crippen molar-refractivity contribution in [1.82, 2.24) is 4.98 Å². The first kappa shape index (κ1) is 15.9. The summed E-state index contributed by atoms with van der Waals surface area (Å²) in [7, 11) is 0. The fourth-order valence-corrected chi connectivity index (χ4v) is 2.45. The number of aromatic nitrogens is 1. The highest BCUT2D eigenvalue weighted by Gasteiger charge is 2.18. The molecule has 0 bridgehead atoms. The molecular weight excluding hydrogens is 316 g/mol. The SMILES string of the molecule is N#Cc1c(N)[nH]c(=O)c(C#N)c1-c1ccc(Oc2ccccc2)cc1. The molecule has 0 aliphatic carbocycles. The highest BCUT2D eigenvalue weighted by Crippen LogP contribution is 2.30. The molecule has 0 saturated heterocycles. The second-order valence-electron chi connectivity index (χ2n) is 5.16. The Hall–Kier alpha value is -4.03. The molecule has 2 aromatic carbocycles. The Morgan fingerprint density at radius 1 is 0.880 bits per heavy atom. The minimum Gasteiger partial charge on any atom is -0.457 e. The van der Waals surface area contributed by atoms with Gasteiger partial charge in [0.15, 0.2) is 0 Å². The lowest BCUT2D eigenvalue weighted by Crippen LogP contribution is -2.16. The molecule has 1 heterocycles. The third kappa shape index (κ3) is 3.05. The number of nitrogen functional groups attached to an aromatic ring is 1. The van der Waals surface area contributed by atoms with Gasteiger partial charge in [-0.3, -0.25) is 4.79 Å². The van der Waals surface area contributed by atoms with Crippen molar-refractivity contribution >= 4 is 5.82 Å². The number of para-hydroxylation sites is 1. The normalized spacial score (nSPS) is 9.84. The molecule has 0 fully saturated rings. The zero-order chi connectivity index (χ0) is 17.8. The van der Waals surface area contributed by atoms with E-state index in [0.29, 0.717) is 17.1 Å². The Kier molecular flexibility index (Phi) is 4.19. The number of hydrogen-bond acceptors (Lipinski definition) is 5. The molecule has 3 rings (SSSR count). The van der Waals surface area contributed by atoms with Gasteiger partial charge in [0.1, 0.15) is 40.6 Å². The first-order valence-corrected chi connectivity index (χ1v) is 7.33. The van der Waals surface area contributed by atoms with Crippen molar-refractivity contribution < 1.29 is 4.74 Å². The van der Waals surface area contributed by atoms with Crippen LogP contribution in [0.25, 0.3) is 11.1 Å². The molecule has 120 valence electrons. The molecule has 6 heteroatoms. The Balaban J connectivity index is 2.05. The number of nitrogens with two attached hydrogens (primary N) is 1. The summed E-state index contributed by atoms with van der Waals surface area (Å²) in [6.07, 6.45) is 0. The van der Waals surface area contributed by atoms with E-state index in [0.717, 1.165) is 0 Å². The zero-order valence-electron chi connectivity index (χ0n) is 13.0. The molecular formula is C19H12N4O2. The Morgan fingerprint density at radius 3 is 2.08 bits per heavy atom. The highest BCUT2D eigenvalue weighted by molar-refractivity contribution is 5.80. The van der Waals surface area contributed by atoms with Crippen LogP contribution in [0, 0.1) is 22.7 Å². The molecule has 3 N–H and O–H groups in total. The van der Waals surface area contributed by atoms with Crippen LogP contribution in [-0.4, -0.2) is 4.98 Å². The number of anilines is 1. The maximum Gasteiger partial charge on any atom is 0.268 e. The number of aromatic amines is 1. The third-order valence-corrected chi connectivity index (χ3v) is 3.59. The third-order valence-electron chi connectivity index (χ3n) is 3.59. The smallest absolute Gasteiger partial charge is 0.268 e. The van der Waals surface area contributed by atoms with Gasteiger partial charge in [0.05, 0.1) is 0 Å². The van der Waals surface area contributed by atoms with Gasteiger partial charge in [-0.2, -0.15) is 10.5 Å². The molecule has 6 nitrogen and oxygen atoms in total. The topological polar surface area (TPSA) is 116 Å². The lowest BCUT2D eigenvalue weighted by atomic mass is 9.96. The summed E-state index contributed by atoms with van der Waals surface area (Å²) >= 11 is 0. The van der Waals surface area contributed by atoms with E-state index in [1.165, 1.54) is 0 Å². The summed E-state index contributed by atoms with van der Waals surface area (Å²) in [6, 6.07) is 19.8. The summed E-state index contributed by atoms with van der Waals surface area (Å²) in [4.78, 5) is 14.3. The van der Waals surface area contributed by atoms with Gasteiger partial charge in [0.2, 0.25) is 0 Å². The van der Waals surface area contributed by atoms with E-state index in [9.17, 15) is 15.3 Å². The fraction of sp³-hybridized carbons (Fsp3) is 0. The van der Waals surface area contributed by atoms with E-state index in [2.05, 4.69) is 4.98 Å². The van der Waals surface area contributed by atoms with E-state index >= 15 is 0 Å². The van der Waals surface area contributed by atoms with Crippen LogP contribution in [-0.2, 0) is 0 Å². The molecule has 0 amide bonds. The number of H-pyrrole nitrogens is 1. The van der Waals surface area contributed by atoms with Crippen LogP contribution in [0.4, 0.5) is 5.82 Å². The highest BCUT2D eigenvalue weighted by atomic mass is 16.5. The summed E-state index contributed by atoms with van der Waals surface area (Å²) in [5.41, 5.74) is 5.75. The van der Waals surface area contributed by atoms with E-state index in [1.807, 2.05) is 42.5 Å². The molecule has 3 aromatic rings. The first-order chi connectivity index (χ1) is 12.1.